The van der Waals surface area contributed by atoms with Crippen LogP contribution < -0.4 is 0 Å². The van der Waals surface area contributed by atoms with Gasteiger partial charge >= 0.3 is 13.8 Å². The first-order valence-electron chi connectivity index (χ1n) is 19.2. The van der Waals surface area contributed by atoms with E-state index in [2.05, 4.69) is 38.2 Å². The summed E-state index contributed by atoms with van der Waals surface area (Å²) in [5.74, 6) is -0.492. The summed E-state index contributed by atoms with van der Waals surface area (Å²) >= 11 is 0. The molecule has 6 atom stereocenters. The highest BCUT2D eigenvalue weighted by Gasteiger charge is 2.51. The third kappa shape index (κ3) is 22.0. The average molecular weight is 737 g/mol. The summed E-state index contributed by atoms with van der Waals surface area (Å²) in [5, 5.41) is 49.9. The zero-order valence-corrected chi connectivity index (χ0v) is 31.6. The van der Waals surface area contributed by atoms with Crippen LogP contribution in [-0.4, -0.2) is 98.9 Å². The summed E-state index contributed by atoms with van der Waals surface area (Å²) in [6.07, 6.45) is 16.9. The van der Waals surface area contributed by atoms with Crippen LogP contribution in [0.5, 0.6) is 0 Å². The number of carbonyl (C=O) groups excluding carboxylic acids is 1. The number of allylic oxidation sites excluding steroid dienone is 4. The molecule has 0 aromatic heterocycles. The fourth-order valence-corrected chi connectivity index (χ4v) is 6.62. The second-order valence-corrected chi connectivity index (χ2v) is 14.8. The summed E-state index contributed by atoms with van der Waals surface area (Å²) in [4.78, 5) is 23.0. The van der Waals surface area contributed by atoms with E-state index in [1.807, 2.05) is 0 Å². The quantitative estimate of drug-likeness (QED) is 0.0205. The van der Waals surface area contributed by atoms with Crippen LogP contribution in [0.4, 0.5) is 0 Å². The Morgan fingerprint density at radius 3 is 1.66 bits per heavy atom. The van der Waals surface area contributed by atoms with Gasteiger partial charge in [0.1, 0.15) is 42.7 Å². The summed E-state index contributed by atoms with van der Waals surface area (Å²) < 4.78 is 33.9. The Kier molecular flexibility index (Phi) is 27.4. The van der Waals surface area contributed by atoms with Crippen molar-refractivity contribution >= 4 is 13.8 Å². The lowest BCUT2D eigenvalue weighted by atomic mass is 9.85. The van der Waals surface area contributed by atoms with Crippen molar-refractivity contribution < 1.29 is 58.3 Å². The topological polar surface area (TPSA) is 192 Å². The minimum atomic E-state index is -5.01. The van der Waals surface area contributed by atoms with E-state index >= 15 is 0 Å². The number of hydrogen-bond donors (Lipinski definition) is 6. The standard InChI is InChI=1S/C37H69O12P/c1-3-5-7-9-11-13-15-16-18-20-22-24-26-31(38)48-30(28-46-27-25-23-21-19-17-14-12-10-8-6-4-2)29-47-50(44,45)49-37-35(42)33(40)32(39)34(41)36(37)43/h8,10-11,13,30,32-37,39-43H,3-7,9,12,14-29H2,1-2H3,(H,44,45)/b10-8-,13-11-. The van der Waals surface area contributed by atoms with Crippen LogP contribution in [0.3, 0.4) is 0 Å². The summed E-state index contributed by atoms with van der Waals surface area (Å²) in [5.41, 5.74) is 0. The van der Waals surface area contributed by atoms with Crippen molar-refractivity contribution in [1.29, 1.82) is 0 Å². The van der Waals surface area contributed by atoms with Gasteiger partial charge < -0.3 is 39.9 Å². The van der Waals surface area contributed by atoms with Gasteiger partial charge in [0.25, 0.3) is 0 Å². The number of hydrogen-bond acceptors (Lipinski definition) is 11. The molecule has 1 fully saturated rings. The average Bonchev–Trinajstić information content (AvgIpc) is 3.09. The Morgan fingerprint density at radius 1 is 0.620 bits per heavy atom. The SMILES string of the molecule is CCC/C=C\CCCCCCCCOCC(COP(=O)(O)OC1C(O)C(O)C(O)C(O)C1O)OC(=O)CCCCCCC/C=C\CCCCC. The van der Waals surface area contributed by atoms with Gasteiger partial charge in [0.15, 0.2) is 0 Å². The summed E-state index contributed by atoms with van der Waals surface area (Å²) in [6, 6.07) is 0. The van der Waals surface area contributed by atoms with Gasteiger partial charge in [-0.15, -0.1) is 0 Å². The minimum Gasteiger partial charge on any atom is -0.457 e. The lowest BCUT2D eigenvalue weighted by Crippen LogP contribution is -2.64. The smallest absolute Gasteiger partial charge is 0.457 e. The van der Waals surface area contributed by atoms with Gasteiger partial charge in [0, 0.05) is 13.0 Å². The third-order valence-electron chi connectivity index (χ3n) is 8.78. The van der Waals surface area contributed by atoms with Crippen molar-refractivity contribution in [3.05, 3.63) is 24.3 Å². The number of esters is 1. The van der Waals surface area contributed by atoms with Crippen LogP contribution in [0.1, 0.15) is 142 Å². The highest BCUT2D eigenvalue weighted by atomic mass is 31.2. The molecule has 1 saturated carbocycles. The van der Waals surface area contributed by atoms with Gasteiger partial charge in [0.2, 0.25) is 0 Å². The van der Waals surface area contributed by atoms with E-state index in [4.69, 9.17) is 18.5 Å². The molecule has 50 heavy (non-hydrogen) atoms. The van der Waals surface area contributed by atoms with Crippen molar-refractivity contribution in [2.45, 2.75) is 185 Å². The van der Waals surface area contributed by atoms with Crippen molar-refractivity contribution in [2.75, 3.05) is 19.8 Å². The molecular weight excluding hydrogens is 667 g/mol. The fraction of sp³-hybridized carbons (Fsp3) is 0.865. The molecule has 0 spiro atoms. The lowest BCUT2D eigenvalue weighted by Gasteiger charge is -2.41. The molecule has 0 saturated heterocycles. The van der Waals surface area contributed by atoms with Crippen LogP contribution in [0.15, 0.2) is 24.3 Å². The van der Waals surface area contributed by atoms with Gasteiger partial charge in [-0.3, -0.25) is 13.8 Å². The molecule has 1 aliphatic rings. The molecule has 0 amide bonds. The number of phosphoric acid groups is 1. The van der Waals surface area contributed by atoms with Crippen LogP contribution in [-0.2, 0) is 27.9 Å². The normalized spacial score (nSPS) is 24.6. The Morgan fingerprint density at radius 2 is 1.10 bits per heavy atom. The van der Waals surface area contributed by atoms with Crippen LogP contribution in [0.25, 0.3) is 0 Å². The Balaban J connectivity index is 2.50. The summed E-state index contributed by atoms with van der Waals surface area (Å²) in [7, 11) is -5.01. The van der Waals surface area contributed by atoms with Crippen molar-refractivity contribution in [2.24, 2.45) is 0 Å². The monoisotopic (exact) mass is 736 g/mol. The number of unbranched alkanes of at least 4 members (excludes halogenated alkanes) is 15. The molecule has 12 nitrogen and oxygen atoms in total. The zero-order valence-electron chi connectivity index (χ0n) is 30.7. The minimum absolute atomic E-state index is 0.0832. The Hall–Kier alpha value is -1.18. The maximum absolute atomic E-state index is 12.7. The molecule has 0 heterocycles. The molecule has 0 radical (unpaired) electrons. The van der Waals surface area contributed by atoms with Gasteiger partial charge in [-0.2, -0.15) is 0 Å². The maximum Gasteiger partial charge on any atom is 0.472 e. The van der Waals surface area contributed by atoms with Gasteiger partial charge in [0.05, 0.1) is 13.2 Å². The largest absolute Gasteiger partial charge is 0.472 e. The third-order valence-corrected chi connectivity index (χ3v) is 9.76. The van der Waals surface area contributed by atoms with Gasteiger partial charge in [-0.25, -0.2) is 4.57 Å². The van der Waals surface area contributed by atoms with Crippen molar-refractivity contribution in [3.63, 3.8) is 0 Å². The van der Waals surface area contributed by atoms with Crippen LogP contribution >= 0.6 is 7.82 Å². The zero-order chi connectivity index (χ0) is 37.0. The molecule has 0 aliphatic heterocycles. The molecule has 294 valence electrons. The molecule has 0 aromatic rings. The molecule has 13 heteroatoms. The van der Waals surface area contributed by atoms with E-state index in [0.29, 0.717) is 13.0 Å². The molecule has 6 unspecified atom stereocenters. The van der Waals surface area contributed by atoms with E-state index in [9.17, 15) is 39.8 Å². The van der Waals surface area contributed by atoms with E-state index in [-0.39, 0.29) is 13.0 Å². The second-order valence-electron chi connectivity index (χ2n) is 13.4. The predicted molar refractivity (Wildman–Crippen MR) is 193 cm³/mol. The summed E-state index contributed by atoms with van der Waals surface area (Å²) in [6.45, 7) is 4.12. The maximum atomic E-state index is 12.7. The lowest BCUT2D eigenvalue weighted by molar-refractivity contribution is -0.220. The predicted octanol–water partition coefficient (Wildman–Crippen LogP) is 6.19. The number of aliphatic hydroxyl groups is 5. The first-order chi connectivity index (χ1) is 24.0. The van der Waals surface area contributed by atoms with Gasteiger partial charge in [-0.1, -0.05) is 102 Å². The van der Waals surface area contributed by atoms with Crippen LogP contribution in [0.2, 0.25) is 0 Å². The van der Waals surface area contributed by atoms with E-state index in [1.54, 1.807) is 0 Å². The first-order valence-corrected chi connectivity index (χ1v) is 20.7. The highest BCUT2D eigenvalue weighted by Crippen LogP contribution is 2.47. The van der Waals surface area contributed by atoms with Crippen LogP contribution in [0, 0.1) is 0 Å². The van der Waals surface area contributed by atoms with E-state index in [1.165, 1.54) is 38.5 Å². The number of rotatable bonds is 31. The van der Waals surface area contributed by atoms with E-state index < -0.39 is 63.1 Å². The Bertz CT molecular complexity index is 931. The first kappa shape index (κ1) is 46.8. The molecule has 0 aromatic carbocycles. The number of phosphoric ester groups is 1. The number of aliphatic hydroxyl groups excluding tert-OH is 5. The molecule has 6 N–H and O–H groups in total. The molecule has 1 rings (SSSR count). The van der Waals surface area contributed by atoms with Crippen molar-refractivity contribution in [1.82, 2.24) is 0 Å². The van der Waals surface area contributed by atoms with Gasteiger partial charge in [-0.05, 0) is 57.8 Å². The fourth-order valence-electron chi connectivity index (χ4n) is 5.64. The second kappa shape index (κ2) is 29.3. The molecule has 1 aliphatic carbocycles. The highest BCUT2D eigenvalue weighted by molar-refractivity contribution is 7.47. The van der Waals surface area contributed by atoms with Crippen molar-refractivity contribution in [3.8, 4) is 0 Å². The number of carbonyl (C=O) groups is 1. The Labute approximate surface area is 300 Å². The van der Waals surface area contributed by atoms with E-state index in [0.717, 1.165) is 77.0 Å². The molecular formula is C37H69O12P. The molecule has 0 bridgehead atoms. The number of ether oxygens (including phenoxy) is 2.